The quantitative estimate of drug-likeness (QED) is 0.632. The zero-order chi connectivity index (χ0) is 11.5. The van der Waals surface area contributed by atoms with Crippen molar-refractivity contribution < 1.29 is 0 Å². The predicted octanol–water partition coefficient (Wildman–Crippen LogP) is 4.82. The van der Waals surface area contributed by atoms with E-state index in [9.17, 15) is 0 Å². The van der Waals surface area contributed by atoms with E-state index in [1.54, 1.807) is 77.0 Å². The smallest absolute Gasteiger partial charge is 0.0529 e. The van der Waals surface area contributed by atoms with Crippen LogP contribution in [0.1, 0.15) is 83.5 Å². The Labute approximate surface area is 110 Å². The molecule has 3 aliphatic rings. The summed E-state index contributed by atoms with van der Waals surface area (Å²) in [6.45, 7) is 0. The van der Waals surface area contributed by atoms with Gasteiger partial charge in [0.15, 0.2) is 0 Å². The second-order valence-electron chi connectivity index (χ2n) is 6.48. The molecule has 0 aromatic heterocycles. The van der Waals surface area contributed by atoms with Crippen molar-refractivity contribution in [2.45, 2.75) is 99.2 Å². The fourth-order valence-corrected chi connectivity index (χ4v) is 8.74. The molecule has 0 spiro atoms. The van der Waals surface area contributed by atoms with E-state index in [1.807, 2.05) is 0 Å². The zero-order valence-corrected chi connectivity index (χ0v) is 12.1. The summed E-state index contributed by atoms with van der Waals surface area (Å²) in [5.41, 5.74) is 0. The van der Waals surface area contributed by atoms with Crippen LogP contribution in [0.2, 0.25) is 0 Å². The average molecular weight is 253 g/mol. The van der Waals surface area contributed by atoms with Gasteiger partial charge in [0, 0.05) is 0 Å². The third-order valence-corrected chi connectivity index (χ3v) is 9.03. The third kappa shape index (κ3) is 2.85. The van der Waals surface area contributed by atoms with Gasteiger partial charge in [-0.05, 0) is 87.9 Å². The Kier molecular flexibility index (Phi) is 4.37. The van der Waals surface area contributed by atoms with Crippen LogP contribution < -0.4 is 0 Å². The Bertz CT molecular complexity index is 204. The lowest BCUT2D eigenvalue weighted by atomic mass is 10.0. The summed E-state index contributed by atoms with van der Waals surface area (Å²) in [7, 11) is 0.838. The topological polar surface area (TPSA) is 0 Å². The molecular formula is C16H29S+. The molecule has 0 unspecified atom stereocenters. The Balaban J connectivity index is 1.69. The van der Waals surface area contributed by atoms with E-state index in [1.165, 1.54) is 16.9 Å². The van der Waals surface area contributed by atoms with Crippen LogP contribution in [0.4, 0.5) is 0 Å². The summed E-state index contributed by atoms with van der Waals surface area (Å²) in [6.07, 6.45) is 20.4. The van der Waals surface area contributed by atoms with E-state index in [4.69, 9.17) is 0 Å². The maximum Gasteiger partial charge on any atom is 0.118 e. The first-order valence-corrected chi connectivity index (χ1v) is 9.57. The SMILES string of the molecule is C1CCC([S+](C2CCCC2)C2CCCC2)CC1. The van der Waals surface area contributed by atoms with E-state index >= 15 is 0 Å². The van der Waals surface area contributed by atoms with Gasteiger partial charge >= 0.3 is 0 Å². The van der Waals surface area contributed by atoms with Crippen LogP contribution in [-0.4, -0.2) is 15.7 Å². The molecule has 3 aliphatic carbocycles. The van der Waals surface area contributed by atoms with Gasteiger partial charge in [0.25, 0.3) is 0 Å². The van der Waals surface area contributed by atoms with Crippen LogP contribution >= 0.6 is 0 Å². The fourth-order valence-electron chi connectivity index (χ4n) is 4.47. The molecule has 0 N–H and O–H groups in total. The highest BCUT2D eigenvalue weighted by atomic mass is 32.2. The van der Waals surface area contributed by atoms with E-state index in [-0.39, 0.29) is 0 Å². The van der Waals surface area contributed by atoms with Crippen LogP contribution in [0, 0.1) is 0 Å². The maximum atomic E-state index is 1.59. The van der Waals surface area contributed by atoms with E-state index in [0.717, 1.165) is 16.1 Å². The summed E-state index contributed by atoms with van der Waals surface area (Å²) < 4.78 is 0. The molecule has 0 nitrogen and oxygen atoms in total. The summed E-state index contributed by atoms with van der Waals surface area (Å²) in [5.74, 6) is 0. The normalized spacial score (nSPS) is 29.5. The van der Waals surface area contributed by atoms with Crippen molar-refractivity contribution in [1.82, 2.24) is 0 Å². The van der Waals surface area contributed by atoms with Crippen LogP contribution in [0.5, 0.6) is 0 Å². The van der Waals surface area contributed by atoms with Crippen molar-refractivity contribution >= 4 is 10.9 Å². The van der Waals surface area contributed by atoms with Gasteiger partial charge in [0.2, 0.25) is 0 Å². The number of hydrogen-bond donors (Lipinski definition) is 0. The van der Waals surface area contributed by atoms with Crippen molar-refractivity contribution in [2.75, 3.05) is 0 Å². The van der Waals surface area contributed by atoms with Crippen LogP contribution in [0.3, 0.4) is 0 Å². The molecule has 0 aromatic rings. The summed E-state index contributed by atoms with van der Waals surface area (Å²) in [5, 5.41) is 3.50. The fraction of sp³-hybridized carbons (Fsp3) is 1.00. The van der Waals surface area contributed by atoms with Gasteiger partial charge in [-0.15, -0.1) is 0 Å². The first kappa shape index (κ1) is 12.4. The van der Waals surface area contributed by atoms with Gasteiger partial charge in [-0.25, -0.2) is 0 Å². The van der Waals surface area contributed by atoms with Gasteiger partial charge in [0.05, 0.1) is 0 Å². The highest BCUT2D eigenvalue weighted by Gasteiger charge is 2.46. The number of hydrogen-bond acceptors (Lipinski definition) is 0. The minimum Gasteiger partial charge on any atom is -0.0529 e. The molecular weight excluding hydrogens is 224 g/mol. The molecule has 0 saturated heterocycles. The van der Waals surface area contributed by atoms with Gasteiger partial charge in [-0.2, -0.15) is 0 Å². The summed E-state index contributed by atoms with van der Waals surface area (Å²) >= 11 is 0. The molecule has 0 radical (unpaired) electrons. The van der Waals surface area contributed by atoms with Crippen molar-refractivity contribution in [3.8, 4) is 0 Å². The molecule has 1 heteroatoms. The highest BCUT2D eigenvalue weighted by Crippen LogP contribution is 2.41. The molecule has 0 heterocycles. The second-order valence-corrected chi connectivity index (χ2v) is 9.30. The molecule has 3 fully saturated rings. The Morgan fingerprint density at radius 2 is 0.706 bits per heavy atom. The van der Waals surface area contributed by atoms with Crippen LogP contribution in [-0.2, 0) is 10.9 Å². The monoisotopic (exact) mass is 253 g/mol. The zero-order valence-electron chi connectivity index (χ0n) is 11.3. The molecule has 0 aromatic carbocycles. The van der Waals surface area contributed by atoms with Crippen molar-refractivity contribution in [3.63, 3.8) is 0 Å². The molecule has 3 saturated carbocycles. The second kappa shape index (κ2) is 5.99. The standard InChI is InChI=1S/C16H29S/c1-2-8-14(9-3-1)17(15-10-4-5-11-15)16-12-6-7-13-16/h14-16H,1-13H2/q+1. The minimum atomic E-state index is 0.838. The van der Waals surface area contributed by atoms with Gasteiger partial charge < -0.3 is 0 Å². The van der Waals surface area contributed by atoms with Gasteiger partial charge in [-0.1, -0.05) is 6.42 Å². The molecule has 98 valence electrons. The Morgan fingerprint density at radius 1 is 0.412 bits per heavy atom. The number of rotatable bonds is 3. The van der Waals surface area contributed by atoms with Crippen molar-refractivity contribution in [3.05, 3.63) is 0 Å². The average Bonchev–Trinajstić information content (AvgIpc) is 3.04. The molecule has 0 aliphatic heterocycles. The Hall–Kier alpha value is 0.350. The summed E-state index contributed by atoms with van der Waals surface area (Å²) in [4.78, 5) is 0. The first-order chi connectivity index (χ1) is 8.45. The van der Waals surface area contributed by atoms with Crippen molar-refractivity contribution in [2.24, 2.45) is 0 Å². The third-order valence-electron chi connectivity index (χ3n) is 5.31. The lowest BCUT2D eigenvalue weighted by molar-refractivity contribution is 0.508. The largest absolute Gasteiger partial charge is 0.118 e. The van der Waals surface area contributed by atoms with E-state index in [2.05, 4.69) is 0 Å². The predicted molar refractivity (Wildman–Crippen MR) is 78.8 cm³/mol. The van der Waals surface area contributed by atoms with Crippen LogP contribution in [0.25, 0.3) is 0 Å². The molecule has 0 amide bonds. The molecule has 0 bridgehead atoms. The van der Waals surface area contributed by atoms with Crippen molar-refractivity contribution in [1.29, 1.82) is 0 Å². The van der Waals surface area contributed by atoms with E-state index < -0.39 is 0 Å². The lowest BCUT2D eigenvalue weighted by Gasteiger charge is -2.30. The molecule has 17 heavy (non-hydrogen) atoms. The minimum absolute atomic E-state index is 0.838. The Morgan fingerprint density at radius 3 is 1.06 bits per heavy atom. The maximum absolute atomic E-state index is 1.59. The molecule has 3 rings (SSSR count). The summed E-state index contributed by atoms with van der Waals surface area (Å²) in [6, 6.07) is 0. The van der Waals surface area contributed by atoms with Crippen LogP contribution in [0.15, 0.2) is 0 Å². The molecule has 0 atom stereocenters. The highest BCUT2D eigenvalue weighted by molar-refractivity contribution is 7.98. The first-order valence-electron chi connectivity index (χ1n) is 8.16. The van der Waals surface area contributed by atoms with Gasteiger partial charge in [0.1, 0.15) is 15.7 Å². The lowest BCUT2D eigenvalue weighted by Crippen LogP contribution is -2.39. The van der Waals surface area contributed by atoms with E-state index in [0.29, 0.717) is 0 Å². The van der Waals surface area contributed by atoms with Gasteiger partial charge in [-0.3, -0.25) is 0 Å².